The molecule has 2 rings (SSSR count). The van der Waals surface area contributed by atoms with Crippen molar-refractivity contribution in [1.82, 2.24) is 9.12 Å². The summed E-state index contributed by atoms with van der Waals surface area (Å²) in [5.41, 5.74) is 1.02. The van der Waals surface area contributed by atoms with E-state index in [0.29, 0.717) is 0 Å². The summed E-state index contributed by atoms with van der Waals surface area (Å²) in [6, 6.07) is 7.93. The molecule has 0 bridgehead atoms. The van der Waals surface area contributed by atoms with Crippen molar-refractivity contribution in [1.29, 1.82) is 0 Å². The third-order valence-electron chi connectivity index (χ3n) is 5.14. The number of piperidine rings is 1. The van der Waals surface area contributed by atoms with Gasteiger partial charge in [-0.15, -0.1) is 0 Å². The number of halogens is 1. The van der Waals surface area contributed by atoms with Crippen molar-refractivity contribution in [2.45, 2.75) is 57.1 Å². The van der Waals surface area contributed by atoms with Crippen molar-refractivity contribution < 1.29 is 9.23 Å². The van der Waals surface area contributed by atoms with Gasteiger partial charge in [-0.3, -0.25) is 0 Å². The Bertz CT molecular complexity index is 596. The highest BCUT2D eigenvalue weighted by Gasteiger charge is 2.43. The van der Waals surface area contributed by atoms with Gasteiger partial charge < -0.3 is 9.83 Å². The summed E-state index contributed by atoms with van der Waals surface area (Å²) in [5, 5.41) is 10.6. The van der Waals surface area contributed by atoms with Crippen molar-refractivity contribution in [2.75, 3.05) is 20.1 Å². The van der Waals surface area contributed by atoms with E-state index in [2.05, 4.69) is 21.2 Å². The fourth-order valence-electron chi connectivity index (χ4n) is 3.49. The van der Waals surface area contributed by atoms with Crippen molar-refractivity contribution in [2.24, 2.45) is 0 Å². The van der Waals surface area contributed by atoms with Gasteiger partial charge in [-0.2, -0.15) is 0 Å². The maximum atomic E-state index is 13.1. The Morgan fingerprint density at radius 3 is 2.24 bits per heavy atom. The summed E-state index contributed by atoms with van der Waals surface area (Å²) in [6.45, 7) is 9.46. The van der Waals surface area contributed by atoms with Crippen LogP contribution in [-0.2, 0) is 17.4 Å². The minimum atomic E-state index is -1.09. The summed E-state index contributed by atoms with van der Waals surface area (Å²) in [6.07, 6.45) is 2.58. The molecule has 1 fully saturated rings. The molecule has 4 nitrogen and oxygen atoms in total. The predicted molar refractivity (Wildman–Crippen MR) is 108 cm³/mol. The highest BCUT2D eigenvalue weighted by molar-refractivity contribution is 7.84. The van der Waals surface area contributed by atoms with Gasteiger partial charge in [0.25, 0.3) is 0 Å². The number of hydrogen-bond acceptors (Lipinski definition) is 3. The molecule has 0 spiro atoms. The monoisotopic (exact) mass is 384 g/mol. The van der Waals surface area contributed by atoms with Crippen LogP contribution in [-0.4, -0.2) is 55.8 Å². The number of benzene rings is 1. The smallest absolute Gasteiger partial charge is 0.376 e. The minimum absolute atomic E-state index is 0.183. The molecule has 140 valence electrons. The molecule has 1 aliphatic heterocycles. The number of likely N-dealkylation sites (N-methyl/N-ethyl adjacent to an activating group) is 1. The molecule has 0 aliphatic carbocycles. The fourth-order valence-corrected chi connectivity index (χ4v) is 5.03. The van der Waals surface area contributed by atoms with Crippen LogP contribution in [0.15, 0.2) is 24.3 Å². The Morgan fingerprint density at radius 1 is 1.28 bits per heavy atom. The Hall–Kier alpha value is -0.395. The third kappa shape index (κ3) is 5.07. The lowest BCUT2D eigenvalue weighted by Crippen LogP contribution is -2.59. The van der Waals surface area contributed by atoms with Gasteiger partial charge in [0.15, 0.2) is 0 Å². The minimum Gasteiger partial charge on any atom is -0.437 e. The lowest BCUT2D eigenvalue weighted by molar-refractivity contribution is 0.122. The van der Waals surface area contributed by atoms with Crippen LogP contribution in [0.1, 0.15) is 39.2 Å². The largest absolute Gasteiger partial charge is 0.437 e. The van der Waals surface area contributed by atoms with Crippen LogP contribution in [0.3, 0.4) is 0 Å². The quantitative estimate of drug-likeness (QED) is 0.793. The molecule has 1 aromatic rings. The number of rotatable bonds is 5. The normalized spacial score (nSPS) is 19.8. The molecule has 1 unspecified atom stereocenters. The predicted octanol–water partition coefficient (Wildman–Crippen LogP) is 3.22. The highest BCUT2D eigenvalue weighted by Crippen LogP contribution is 2.35. The van der Waals surface area contributed by atoms with E-state index in [4.69, 9.17) is 11.6 Å². The van der Waals surface area contributed by atoms with E-state index < -0.39 is 18.0 Å². The van der Waals surface area contributed by atoms with E-state index in [1.165, 1.54) is 5.56 Å². The van der Waals surface area contributed by atoms with Gasteiger partial charge in [0.2, 0.25) is 0 Å². The zero-order valence-corrected chi connectivity index (χ0v) is 17.5. The second-order valence-corrected chi connectivity index (χ2v) is 10.8. The van der Waals surface area contributed by atoms with Gasteiger partial charge in [-0.05, 0) is 77.6 Å². The fraction of sp³-hybridized carbons (Fsp3) is 0.667. The summed E-state index contributed by atoms with van der Waals surface area (Å²) >= 11 is 6.02. The molecule has 1 aliphatic rings. The van der Waals surface area contributed by atoms with Crippen molar-refractivity contribution in [3.8, 4) is 0 Å². The number of nitrogens with zero attached hydrogens (tertiary/aromatic N) is 2. The molecule has 0 amide bonds. The van der Waals surface area contributed by atoms with Crippen LogP contribution in [0.2, 0.25) is 11.8 Å². The van der Waals surface area contributed by atoms with Crippen molar-refractivity contribution >= 4 is 29.6 Å². The van der Waals surface area contributed by atoms with Crippen LogP contribution >= 0.6 is 11.6 Å². The molecular weight excluding hydrogens is 355 g/mol. The Balaban J connectivity index is 2.28. The molecule has 0 radical (unpaired) electrons. The van der Waals surface area contributed by atoms with Gasteiger partial charge in [0, 0.05) is 17.6 Å². The van der Waals surface area contributed by atoms with Crippen LogP contribution in [0.5, 0.6) is 0 Å². The van der Waals surface area contributed by atoms with Crippen LogP contribution in [0.4, 0.5) is 0 Å². The van der Waals surface area contributed by atoms with Crippen LogP contribution in [0.25, 0.3) is 0 Å². The SMILES string of the molecule is CB(O)N1CCC(Cc2ccc(Cl)cc2)(N(C)S(=O)C(C)(C)C)CC1. The van der Waals surface area contributed by atoms with E-state index in [-0.39, 0.29) is 10.3 Å². The number of hydrogen-bond donors (Lipinski definition) is 1. The zero-order chi connectivity index (χ0) is 18.8. The third-order valence-corrected chi connectivity index (χ3v) is 7.33. The first-order valence-electron chi connectivity index (χ1n) is 8.87. The van der Waals surface area contributed by atoms with Gasteiger partial charge in [-0.25, -0.2) is 8.51 Å². The van der Waals surface area contributed by atoms with E-state index >= 15 is 0 Å². The molecule has 0 aromatic heterocycles. The van der Waals surface area contributed by atoms with E-state index in [0.717, 1.165) is 37.4 Å². The van der Waals surface area contributed by atoms with E-state index in [1.54, 1.807) is 0 Å². The molecule has 7 heteroatoms. The maximum Gasteiger partial charge on any atom is 0.376 e. The standard InChI is InChI=1S/C18H30BClN2O2S/c1-17(2,3)25(24)21(5)18(10-12-22(13-11-18)19(4)23)14-15-6-8-16(20)9-7-15/h6-9,23H,10-14H2,1-5H3. The lowest BCUT2D eigenvalue weighted by Gasteiger charge is -2.48. The first-order chi connectivity index (χ1) is 11.5. The van der Waals surface area contributed by atoms with Crippen molar-refractivity contribution in [3.63, 3.8) is 0 Å². The second-order valence-electron chi connectivity index (χ2n) is 8.05. The second kappa shape index (κ2) is 8.09. The first-order valence-corrected chi connectivity index (χ1v) is 10.4. The molecule has 1 heterocycles. The first kappa shape index (κ1) is 20.9. The van der Waals surface area contributed by atoms with Crippen LogP contribution < -0.4 is 0 Å². The average Bonchev–Trinajstić information content (AvgIpc) is 2.55. The van der Waals surface area contributed by atoms with Gasteiger partial charge in [0.1, 0.15) is 0 Å². The van der Waals surface area contributed by atoms with Gasteiger partial charge in [-0.1, -0.05) is 23.7 Å². The van der Waals surface area contributed by atoms with Gasteiger partial charge >= 0.3 is 7.05 Å². The zero-order valence-electron chi connectivity index (χ0n) is 16.0. The Labute approximate surface area is 160 Å². The highest BCUT2D eigenvalue weighted by atomic mass is 35.5. The Kier molecular flexibility index (Phi) is 6.77. The van der Waals surface area contributed by atoms with Crippen molar-refractivity contribution in [3.05, 3.63) is 34.9 Å². The summed E-state index contributed by atoms with van der Waals surface area (Å²) in [5.74, 6) is 0. The molecular formula is C18H30BClN2O2S. The molecule has 25 heavy (non-hydrogen) atoms. The molecule has 1 N–H and O–H groups in total. The summed E-state index contributed by atoms with van der Waals surface area (Å²) < 4.78 is 14.8. The topological polar surface area (TPSA) is 43.8 Å². The van der Waals surface area contributed by atoms with Crippen LogP contribution in [0, 0.1) is 0 Å². The molecule has 1 atom stereocenters. The summed E-state index contributed by atoms with van der Waals surface area (Å²) in [7, 11) is 0.451. The maximum absolute atomic E-state index is 13.1. The average molecular weight is 385 g/mol. The summed E-state index contributed by atoms with van der Waals surface area (Å²) in [4.78, 5) is 2.08. The van der Waals surface area contributed by atoms with E-state index in [1.807, 2.05) is 46.8 Å². The lowest BCUT2D eigenvalue weighted by atomic mass is 9.76. The Morgan fingerprint density at radius 2 is 1.80 bits per heavy atom. The molecule has 1 saturated heterocycles. The molecule has 1 aromatic carbocycles. The molecule has 0 saturated carbocycles. The van der Waals surface area contributed by atoms with E-state index in [9.17, 15) is 9.23 Å². The van der Waals surface area contributed by atoms with Gasteiger partial charge in [0.05, 0.1) is 15.7 Å².